The van der Waals surface area contributed by atoms with Crippen LogP contribution < -0.4 is 4.74 Å². The van der Waals surface area contributed by atoms with Crippen molar-refractivity contribution >= 4 is 142 Å². The largest absolute Gasteiger partial charge is 0.437 e. The monoisotopic (exact) mass is 847 g/mol. The van der Waals surface area contributed by atoms with E-state index in [2.05, 4.69) is 222 Å². The molecule has 0 aliphatic carbocycles. The summed E-state index contributed by atoms with van der Waals surface area (Å²) in [5, 5.41) is -0.511. The molecule has 0 fully saturated rings. The number of ether oxygens (including phenoxy) is 1. The minimum Gasteiger partial charge on any atom is -0.437 e. The molecule has 18 heteroatoms. The molecule has 0 bridgehead atoms. The SMILES string of the molecule is BC(B)(B)c1ccc(-c2c(C(B)(B)B)ccc3c2Oc2ncccc2C(C)(C)S3(C)C)cc1-c1cc(-c2c(C(B)(B)B)ccc3c2sc2nc4ccccc4n23)ccc1C(B)(B)B. The maximum absolute atomic E-state index is 7.23. The summed E-state index contributed by atoms with van der Waals surface area (Å²) in [4.78, 5) is 12.3. The second kappa shape index (κ2) is 14.7. The van der Waals surface area contributed by atoms with Crippen molar-refractivity contribution in [1.82, 2.24) is 14.4 Å². The van der Waals surface area contributed by atoms with Gasteiger partial charge in [0.15, 0.2) is 4.96 Å². The van der Waals surface area contributed by atoms with Gasteiger partial charge >= 0.3 is 0 Å². The second-order valence-corrected chi connectivity index (χ2v) is 27.9. The Bertz CT molecular complexity index is 3170. The molecule has 4 heterocycles. The summed E-state index contributed by atoms with van der Waals surface area (Å²) in [6.07, 6.45) is 6.77. The molecule has 8 aromatic rings. The molecule has 0 radical (unpaired) electrons. The van der Waals surface area contributed by atoms with Crippen LogP contribution in [0.25, 0.3) is 59.6 Å². The molecule has 302 valence electrons. The number of para-hydroxylation sites is 2. The Labute approximate surface area is 390 Å². The first-order chi connectivity index (χ1) is 29.3. The summed E-state index contributed by atoms with van der Waals surface area (Å²) in [6.45, 7) is 4.75. The van der Waals surface area contributed by atoms with Gasteiger partial charge in [0.2, 0.25) is 5.88 Å². The van der Waals surface area contributed by atoms with E-state index in [4.69, 9.17) is 14.7 Å². The topological polar surface area (TPSA) is 39.4 Å². The average Bonchev–Trinajstić information content (AvgIpc) is 3.73. The molecular formula is C45H53B12N3OS2. The summed E-state index contributed by atoms with van der Waals surface area (Å²) in [5.41, 5.74) is 17.2. The van der Waals surface area contributed by atoms with Crippen LogP contribution in [0.1, 0.15) is 41.7 Å². The Morgan fingerprint density at radius 3 is 1.75 bits per heavy atom. The van der Waals surface area contributed by atoms with Crippen LogP contribution in [0, 0.1) is 0 Å². The van der Waals surface area contributed by atoms with Crippen LogP contribution in [0.15, 0.2) is 108 Å². The highest BCUT2D eigenvalue weighted by Crippen LogP contribution is 2.70. The maximum atomic E-state index is 7.23. The zero-order valence-corrected chi connectivity index (χ0v) is 42.0. The third-order valence-corrected chi connectivity index (χ3v) is 19.1. The zero-order chi connectivity index (χ0) is 45.4. The van der Waals surface area contributed by atoms with Crippen molar-refractivity contribution in [2.45, 2.75) is 43.9 Å². The van der Waals surface area contributed by atoms with Gasteiger partial charge in [-0.1, -0.05) is 109 Å². The van der Waals surface area contributed by atoms with Gasteiger partial charge in [0.25, 0.3) is 0 Å². The van der Waals surface area contributed by atoms with E-state index in [1.54, 1.807) is 11.3 Å². The van der Waals surface area contributed by atoms with E-state index in [9.17, 15) is 0 Å². The molecule has 0 saturated carbocycles. The third kappa shape index (κ3) is 7.16. The average molecular weight is 846 g/mol. The molecule has 63 heavy (non-hydrogen) atoms. The molecule has 0 atom stereocenters. The fraction of sp³-hybridized carbons (Fsp3) is 0.200. The van der Waals surface area contributed by atoms with Crippen LogP contribution in [-0.2, 0) is 25.2 Å². The van der Waals surface area contributed by atoms with Crippen LogP contribution in [0.4, 0.5) is 0 Å². The Hall–Kier alpha value is -4.13. The Morgan fingerprint density at radius 1 is 0.603 bits per heavy atom. The summed E-state index contributed by atoms with van der Waals surface area (Å²) in [6, 6.07) is 36.8. The molecule has 0 amide bonds. The van der Waals surface area contributed by atoms with Gasteiger partial charge in [-0.15, -0.1) is 0 Å². The van der Waals surface area contributed by atoms with Crippen molar-refractivity contribution < 1.29 is 4.74 Å². The van der Waals surface area contributed by atoms with Crippen molar-refractivity contribution in [3.63, 3.8) is 0 Å². The minimum atomic E-state index is -1.44. The quantitative estimate of drug-likeness (QED) is 0.206. The van der Waals surface area contributed by atoms with Gasteiger partial charge in [0, 0.05) is 32.5 Å². The summed E-state index contributed by atoms with van der Waals surface area (Å²) in [5.74, 6) is 1.66. The molecule has 0 N–H and O–H groups in total. The molecule has 3 aromatic heterocycles. The third-order valence-electron chi connectivity index (χ3n) is 13.8. The van der Waals surface area contributed by atoms with E-state index in [0.717, 1.165) is 27.3 Å². The number of hydrogen-bond donors (Lipinski definition) is 0. The highest BCUT2D eigenvalue weighted by molar-refractivity contribution is 8.33. The van der Waals surface area contributed by atoms with Crippen LogP contribution >= 0.6 is 21.4 Å². The lowest BCUT2D eigenvalue weighted by molar-refractivity contribution is 0.446. The number of imidazole rings is 1. The molecule has 1 aliphatic heterocycles. The number of aromatic nitrogens is 3. The fourth-order valence-corrected chi connectivity index (χ4v) is 13.3. The Morgan fingerprint density at radius 2 is 1.14 bits per heavy atom. The zero-order valence-electron chi connectivity index (χ0n) is 40.4. The van der Waals surface area contributed by atoms with Crippen LogP contribution in [-0.4, -0.2) is 121 Å². The van der Waals surface area contributed by atoms with Gasteiger partial charge in [0.1, 0.15) is 5.75 Å². The van der Waals surface area contributed by atoms with Gasteiger partial charge in [0.05, 0.1) is 115 Å². The van der Waals surface area contributed by atoms with Crippen molar-refractivity contribution in [1.29, 1.82) is 0 Å². The highest BCUT2D eigenvalue weighted by atomic mass is 32.3. The molecule has 9 rings (SSSR count). The van der Waals surface area contributed by atoms with Crippen molar-refractivity contribution in [2.75, 3.05) is 12.5 Å². The predicted molar refractivity (Wildman–Crippen MR) is 309 cm³/mol. The van der Waals surface area contributed by atoms with Gasteiger partial charge in [-0.2, -0.15) is 0 Å². The number of thiazole rings is 1. The summed E-state index contributed by atoms with van der Waals surface area (Å²) in [7, 11) is 26.7. The number of benzene rings is 5. The van der Waals surface area contributed by atoms with E-state index in [1.807, 2.05) is 6.20 Å². The molecule has 1 aliphatic rings. The van der Waals surface area contributed by atoms with Gasteiger partial charge in [-0.3, -0.25) is 4.40 Å². The standard InChI is InChI=1S/C45H53B12N3OS2/c1-41(2)30-8-7-19-58-39(30)61-37-34(63(41,3)4)18-16-28(44(52,53)54)35(37)22-11-13-26(42(46,47)48)24(20-22)25-21-23(12-14-27(25)43(49,50)51)36-29(45(55,56)57)15-17-33-38(36)62-40-59-31-9-5-6-10-32(31)60(33)40/h5-21H,46-57H2,1-4H3. The first-order valence-corrected chi connectivity index (χ1v) is 25.7. The highest BCUT2D eigenvalue weighted by Gasteiger charge is 2.44. The first kappa shape index (κ1) is 44.1. The maximum Gasteiger partial charge on any atom is 0.223 e. The van der Waals surface area contributed by atoms with Gasteiger partial charge in [-0.25, -0.2) is 20.0 Å². The number of fused-ring (bicyclic) bond motifs is 7. The van der Waals surface area contributed by atoms with Crippen LogP contribution in [0.5, 0.6) is 11.6 Å². The minimum absolute atomic E-state index is 0.0939. The Kier molecular flexibility index (Phi) is 10.3. The van der Waals surface area contributed by atoms with E-state index in [1.165, 1.54) is 70.7 Å². The van der Waals surface area contributed by atoms with Crippen LogP contribution in [0.3, 0.4) is 0 Å². The molecule has 4 nitrogen and oxygen atoms in total. The van der Waals surface area contributed by atoms with Gasteiger partial charge < -0.3 is 4.74 Å². The molecule has 0 saturated heterocycles. The number of rotatable bonds is 7. The summed E-state index contributed by atoms with van der Waals surface area (Å²) < 4.78 is 10.7. The predicted octanol–water partition coefficient (Wildman–Crippen LogP) is -0.399. The van der Waals surface area contributed by atoms with Gasteiger partial charge in [-0.05, 0) is 91.1 Å². The lowest BCUT2D eigenvalue weighted by Crippen LogP contribution is -2.30. The number of nitrogens with zero attached hydrogens (tertiary/aromatic N) is 3. The van der Waals surface area contributed by atoms with Crippen LogP contribution in [0.2, 0.25) is 0 Å². The Balaban J connectivity index is 1.36. The lowest BCUT2D eigenvalue weighted by Gasteiger charge is -2.46. The van der Waals surface area contributed by atoms with E-state index < -0.39 is 10.0 Å². The second-order valence-electron chi connectivity index (χ2n) is 22.8. The first-order valence-electron chi connectivity index (χ1n) is 22.5. The smallest absolute Gasteiger partial charge is 0.223 e. The van der Waals surface area contributed by atoms with E-state index >= 15 is 0 Å². The molecule has 0 unspecified atom stereocenters. The number of pyridine rings is 1. The van der Waals surface area contributed by atoms with Crippen molar-refractivity contribution in [3.05, 3.63) is 131 Å². The van der Waals surface area contributed by atoms with Crippen molar-refractivity contribution in [2.24, 2.45) is 0 Å². The molecule has 0 spiro atoms. The normalized spacial score (nSPS) is 15.7. The molecule has 5 aromatic carbocycles. The summed E-state index contributed by atoms with van der Waals surface area (Å²) >= 11 is 1.81. The molecular weight excluding hydrogens is 792 g/mol. The fourth-order valence-electron chi connectivity index (χ4n) is 9.87. The van der Waals surface area contributed by atoms with E-state index in [0.29, 0.717) is 5.88 Å². The van der Waals surface area contributed by atoms with E-state index in [-0.39, 0.29) is 25.2 Å². The lowest BCUT2D eigenvalue weighted by atomic mass is 9.38. The number of hydrogen-bond acceptors (Lipinski definition) is 4. The van der Waals surface area contributed by atoms with Crippen molar-refractivity contribution in [3.8, 4) is 45.0 Å².